The number of anilines is 1. The molecule has 0 heterocycles. The third-order valence-electron chi connectivity index (χ3n) is 3.08. The van der Waals surface area contributed by atoms with Crippen LogP contribution in [0.1, 0.15) is 38.5 Å². The van der Waals surface area contributed by atoms with Crippen LogP contribution in [0.15, 0.2) is 30.3 Å². The number of aliphatic hydroxyl groups is 1. The molecule has 1 aliphatic rings. The first-order valence-corrected chi connectivity index (χ1v) is 5.84. The van der Waals surface area contributed by atoms with E-state index in [-0.39, 0.29) is 0 Å². The highest BCUT2D eigenvalue weighted by atomic mass is 16.3. The van der Waals surface area contributed by atoms with Crippen LogP contribution in [0.25, 0.3) is 0 Å². The fourth-order valence-corrected chi connectivity index (χ4v) is 2.23. The molecule has 2 rings (SSSR count). The van der Waals surface area contributed by atoms with Gasteiger partial charge in [-0.2, -0.15) is 0 Å². The van der Waals surface area contributed by atoms with Crippen LogP contribution >= 0.6 is 0 Å². The molecule has 0 aromatic heterocycles. The standard InChI is InChI=1S/C13H19NO/c15-13(10-6-1-2-7-11-13)14-12-8-4-3-5-9-12/h3-5,8-9,14-15H,1-2,6-7,10-11H2. The van der Waals surface area contributed by atoms with E-state index in [1.807, 2.05) is 30.3 Å². The fraction of sp³-hybridized carbons (Fsp3) is 0.538. The summed E-state index contributed by atoms with van der Waals surface area (Å²) in [6.07, 6.45) is 6.47. The van der Waals surface area contributed by atoms with E-state index in [9.17, 15) is 5.11 Å². The number of benzene rings is 1. The second kappa shape index (κ2) is 4.67. The lowest BCUT2D eigenvalue weighted by atomic mass is 10.0. The van der Waals surface area contributed by atoms with Gasteiger partial charge in [-0.3, -0.25) is 0 Å². The quantitative estimate of drug-likeness (QED) is 0.574. The number of hydrogen-bond donors (Lipinski definition) is 2. The van der Waals surface area contributed by atoms with Crippen molar-refractivity contribution in [3.8, 4) is 0 Å². The Morgan fingerprint density at radius 2 is 1.53 bits per heavy atom. The molecule has 0 bridgehead atoms. The van der Waals surface area contributed by atoms with Gasteiger partial charge in [0.25, 0.3) is 0 Å². The lowest BCUT2D eigenvalue weighted by molar-refractivity contribution is 0.0540. The Bertz CT molecular complexity index is 289. The third kappa shape index (κ3) is 2.96. The monoisotopic (exact) mass is 205 g/mol. The molecule has 1 aromatic carbocycles. The van der Waals surface area contributed by atoms with Crippen molar-refractivity contribution in [1.82, 2.24) is 0 Å². The molecule has 1 aromatic rings. The summed E-state index contributed by atoms with van der Waals surface area (Å²) in [7, 11) is 0. The zero-order valence-corrected chi connectivity index (χ0v) is 9.08. The van der Waals surface area contributed by atoms with Gasteiger partial charge in [0.05, 0.1) is 0 Å². The minimum absolute atomic E-state index is 0.683. The summed E-state index contributed by atoms with van der Waals surface area (Å²) in [5.74, 6) is 0. The summed E-state index contributed by atoms with van der Waals surface area (Å²) in [5.41, 5.74) is 0.333. The van der Waals surface area contributed by atoms with Crippen LogP contribution in [-0.2, 0) is 0 Å². The zero-order chi connectivity index (χ0) is 10.6. The van der Waals surface area contributed by atoms with E-state index in [4.69, 9.17) is 0 Å². The van der Waals surface area contributed by atoms with Crippen molar-refractivity contribution < 1.29 is 5.11 Å². The van der Waals surface area contributed by atoms with Gasteiger partial charge < -0.3 is 10.4 Å². The minimum Gasteiger partial charge on any atom is -0.371 e. The lowest BCUT2D eigenvalue weighted by Crippen LogP contribution is -2.37. The van der Waals surface area contributed by atoms with E-state index in [0.717, 1.165) is 31.4 Å². The molecule has 1 aliphatic carbocycles. The molecule has 0 radical (unpaired) electrons. The highest BCUT2D eigenvalue weighted by Crippen LogP contribution is 2.28. The summed E-state index contributed by atoms with van der Waals surface area (Å²) >= 11 is 0. The number of hydrogen-bond acceptors (Lipinski definition) is 2. The summed E-state index contributed by atoms with van der Waals surface area (Å²) in [6.45, 7) is 0. The molecule has 0 unspecified atom stereocenters. The molecule has 2 heteroatoms. The molecular formula is C13H19NO. The average molecular weight is 205 g/mol. The van der Waals surface area contributed by atoms with Crippen molar-refractivity contribution in [2.24, 2.45) is 0 Å². The normalized spacial score (nSPS) is 20.6. The van der Waals surface area contributed by atoms with E-state index in [1.54, 1.807) is 0 Å². The first-order valence-electron chi connectivity index (χ1n) is 5.84. The van der Waals surface area contributed by atoms with E-state index < -0.39 is 5.72 Å². The Kier molecular flexibility index (Phi) is 3.27. The van der Waals surface area contributed by atoms with E-state index in [0.29, 0.717) is 0 Å². The highest BCUT2D eigenvalue weighted by Gasteiger charge is 2.27. The molecular weight excluding hydrogens is 186 g/mol. The molecule has 1 fully saturated rings. The predicted octanol–water partition coefficient (Wildman–Crippen LogP) is 3.14. The summed E-state index contributed by atoms with van der Waals surface area (Å²) in [5, 5.41) is 13.6. The van der Waals surface area contributed by atoms with Gasteiger partial charge in [-0.05, 0) is 37.8 Å². The van der Waals surface area contributed by atoms with Crippen LogP contribution in [0, 0.1) is 0 Å². The number of para-hydroxylation sites is 1. The van der Waals surface area contributed by atoms with Gasteiger partial charge in [-0.25, -0.2) is 0 Å². The van der Waals surface area contributed by atoms with Crippen molar-refractivity contribution in [3.05, 3.63) is 30.3 Å². The van der Waals surface area contributed by atoms with Gasteiger partial charge in [0.15, 0.2) is 0 Å². The van der Waals surface area contributed by atoms with Gasteiger partial charge in [0.2, 0.25) is 0 Å². The van der Waals surface area contributed by atoms with Gasteiger partial charge in [0.1, 0.15) is 5.72 Å². The summed E-state index contributed by atoms with van der Waals surface area (Å²) in [4.78, 5) is 0. The second-order valence-corrected chi connectivity index (χ2v) is 4.44. The Morgan fingerprint density at radius 3 is 2.13 bits per heavy atom. The van der Waals surface area contributed by atoms with Crippen molar-refractivity contribution in [2.45, 2.75) is 44.2 Å². The summed E-state index contributed by atoms with van der Waals surface area (Å²) < 4.78 is 0. The van der Waals surface area contributed by atoms with Crippen LogP contribution in [0.3, 0.4) is 0 Å². The minimum atomic E-state index is -0.683. The summed E-state index contributed by atoms with van der Waals surface area (Å²) in [6, 6.07) is 9.97. The molecule has 1 saturated carbocycles. The maximum Gasteiger partial charge on any atom is 0.135 e. The topological polar surface area (TPSA) is 32.3 Å². The smallest absolute Gasteiger partial charge is 0.135 e. The van der Waals surface area contributed by atoms with Gasteiger partial charge in [0, 0.05) is 5.69 Å². The SMILES string of the molecule is OC1(Nc2ccccc2)CCCCCC1. The number of rotatable bonds is 2. The maximum atomic E-state index is 10.4. The van der Waals surface area contributed by atoms with E-state index in [1.165, 1.54) is 12.8 Å². The number of nitrogens with one attached hydrogen (secondary N) is 1. The van der Waals surface area contributed by atoms with E-state index in [2.05, 4.69) is 5.32 Å². The third-order valence-corrected chi connectivity index (χ3v) is 3.08. The van der Waals surface area contributed by atoms with Gasteiger partial charge >= 0.3 is 0 Å². The van der Waals surface area contributed by atoms with Crippen LogP contribution in [0.2, 0.25) is 0 Å². The molecule has 15 heavy (non-hydrogen) atoms. The zero-order valence-electron chi connectivity index (χ0n) is 9.08. The van der Waals surface area contributed by atoms with Crippen molar-refractivity contribution in [2.75, 3.05) is 5.32 Å². The molecule has 82 valence electrons. The first-order chi connectivity index (χ1) is 7.29. The van der Waals surface area contributed by atoms with Gasteiger partial charge in [-0.15, -0.1) is 0 Å². The highest BCUT2D eigenvalue weighted by molar-refractivity contribution is 5.44. The molecule has 0 amide bonds. The Labute approximate surface area is 91.3 Å². The first kappa shape index (κ1) is 10.5. The van der Waals surface area contributed by atoms with Crippen LogP contribution in [-0.4, -0.2) is 10.8 Å². The molecule has 2 nitrogen and oxygen atoms in total. The Hall–Kier alpha value is -1.02. The maximum absolute atomic E-state index is 10.4. The predicted molar refractivity (Wildman–Crippen MR) is 62.7 cm³/mol. The molecule has 0 spiro atoms. The molecule has 2 N–H and O–H groups in total. The fourth-order valence-electron chi connectivity index (χ4n) is 2.23. The lowest BCUT2D eigenvalue weighted by Gasteiger charge is -2.29. The van der Waals surface area contributed by atoms with Crippen molar-refractivity contribution >= 4 is 5.69 Å². The largest absolute Gasteiger partial charge is 0.371 e. The molecule has 0 saturated heterocycles. The Morgan fingerprint density at radius 1 is 0.933 bits per heavy atom. The molecule has 0 atom stereocenters. The van der Waals surface area contributed by atoms with Gasteiger partial charge in [-0.1, -0.05) is 31.0 Å². The molecule has 0 aliphatic heterocycles. The van der Waals surface area contributed by atoms with Crippen LogP contribution < -0.4 is 5.32 Å². The van der Waals surface area contributed by atoms with Crippen molar-refractivity contribution in [3.63, 3.8) is 0 Å². The van der Waals surface area contributed by atoms with E-state index >= 15 is 0 Å². The Balaban J connectivity index is 2.02. The average Bonchev–Trinajstić information content (AvgIpc) is 2.45. The van der Waals surface area contributed by atoms with Crippen LogP contribution in [0.4, 0.5) is 5.69 Å². The second-order valence-electron chi connectivity index (χ2n) is 4.44. The van der Waals surface area contributed by atoms with Crippen molar-refractivity contribution in [1.29, 1.82) is 0 Å². The van der Waals surface area contributed by atoms with Crippen LogP contribution in [0.5, 0.6) is 0 Å².